The summed E-state index contributed by atoms with van der Waals surface area (Å²) >= 11 is 0. The van der Waals surface area contributed by atoms with Crippen LogP contribution in [-0.4, -0.2) is 14.2 Å². The number of hydrogen-bond acceptors (Lipinski definition) is 2. The molecule has 4 aromatic rings. The third-order valence-electron chi connectivity index (χ3n) is 5.73. The van der Waals surface area contributed by atoms with Gasteiger partial charge in [0.2, 0.25) is 0 Å². The SMILES string of the molecule is COc1ccc(-c2ccc3c(c2)Cc2cc(-c4ccc(OC)cc4)ccc2-3)cc1. The van der Waals surface area contributed by atoms with Gasteiger partial charge in [-0.3, -0.25) is 0 Å². The average Bonchev–Trinajstić information content (AvgIpc) is 3.16. The molecule has 2 nitrogen and oxygen atoms in total. The van der Waals surface area contributed by atoms with Gasteiger partial charge in [0.15, 0.2) is 0 Å². The number of hydrogen-bond donors (Lipinski definition) is 0. The summed E-state index contributed by atoms with van der Waals surface area (Å²) in [6, 6.07) is 30.1. The van der Waals surface area contributed by atoms with Crippen molar-refractivity contribution in [3.05, 3.63) is 96.1 Å². The van der Waals surface area contributed by atoms with E-state index in [2.05, 4.69) is 60.7 Å². The topological polar surface area (TPSA) is 18.5 Å². The Morgan fingerprint density at radius 2 is 0.862 bits per heavy atom. The summed E-state index contributed by atoms with van der Waals surface area (Å²) in [6.07, 6.45) is 0.971. The molecule has 1 aliphatic rings. The van der Waals surface area contributed by atoms with E-state index in [0.717, 1.165) is 17.9 Å². The maximum atomic E-state index is 5.27. The Hall–Kier alpha value is -3.52. The summed E-state index contributed by atoms with van der Waals surface area (Å²) in [5, 5.41) is 0. The summed E-state index contributed by atoms with van der Waals surface area (Å²) in [5.41, 5.74) is 10.4. The van der Waals surface area contributed by atoms with Crippen molar-refractivity contribution in [1.29, 1.82) is 0 Å². The molecule has 0 N–H and O–H groups in total. The number of ether oxygens (including phenoxy) is 2. The molecular formula is C27H22O2. The molecule has 0 radical (unpaired) electrons. The maximum absolute atomic E-state index is 5.27. The predicted molar refractivity (Wildman–Crippen MR) is 119 cm³/mol. The van der Waals surface area contributed by atoms with E-state index in [-0.39, 0.29) is 0 Å². The summed E-state index contributed by atoms with van der Waals surface area (Å²) in [4.78, 5) is 0. The molecule has 0 saturated heterocycles. The van der Waals surface area contributed by atoms with Crippen molar-refractivity contribution >= 4 is 0 Å². The molecule has 29 heavy (non-hydrogen) atoms. The quantitative estimate of drug-likeness (QED) is 0.350. The molecule has 4 aromatic carbocycles. The van der Waals surface area contributed by atoms with Gasteiger partial charge in [0.1, 0.15) is 11.5 Å². The zero-order chi connectivity index (χ0) is 19.8. The number of benzene rings is 4. The van der Waals surface area contributed by atoms with Crippen molar-refractivity contribution < 1.29 is 9.47 Å². The fourth-order valence-corrected chi connectivity index (χ4v) is 4.14. The zero-order valence-electron chi connectivity index (χ0n) is 16.6. The van der Waals surface area contributed by atoms with Crippen LogP contribution in [0.3, 0.4) is 0 Å². The number of fused-ring (bicyclic) bond motifs is 3. The Labute approximate surface area is 171 Å². The molecule has 5 rings (SSSR count). The molecular weight excluding hydrogens is 356 g/mol. The lowest BCUT2D eigenvalue weighted by Crippen LogP contribution is -1.85. The van der Waals surface area contributed by atoms with Gasteiger partial charge in [0.25, 0.3) is 0 Å². The second-order valence-electron chi connectivity index (χ2n) is 7.38. The highest BCUT2D eigenvalue weighted by molar-refractivity contribution is 5.82. The molecule has 2 heteroatoms. The molecule has 0 aliphatic heterocycles. The highest BCUT2D eigenvalue weighted by Crippen LogP contribution is 2.40. The van der Waals surface area contributed by atoms with Crippen molar-refractivity contribution in [3.63, 3.8) is 0 Å². The molecule has 0 fully saturated rings. The van der Waals surface area contributed by atoms with Gasteiger partial charge in [0.05, 0.1) is 14.2 Å². The predicted octanol–water partition coefficient (Wildman–Crippen LogP) is 6.61. The van der Waals surface area contributed by atoms with E-state index in [9.17, 15) is 0 Å². The van der Waals surface area contributed by atoms with Crippen LogP contribution in [0.5, 0.6) is 11.5 Å². The van der Waals surface area contributed by atoms with E-state index in [1.165, 1.54) is 44.5 Å². The van der Waals surface area contributed by atoms with E-state index in [1.54, 1.807) is 14.2 Å². The first-order chi connectivity index (χ1) is 14.2. The second kappa shape index (κ2) is 7.14. The van der Waals surface area contributed by atoms with E-state index in [1.807, 2.05) is 24.3 Å². The van der Waals surface area contributed by atoms with Gasteiger partial charge in [-0.2, -0.15) is 0 Å². The van der Waals surface area contributed by atoms with Crippen LogP contribution in [0.25, 0.3) is 33.4 Å². The van der Waals surface area contributed by atoms with Crippen molar-refractivity contribution in [2.24, 2.45) is 0 Å². The third kappa shape index (κ3) is 3.17. The van der Waals surface area contributed by atoms with Crippen molar-refractivity contribution in [2.75, 3.05) is 14.2 Å². The van der Waals surface area contributed by atoms with Gasteiger partial charge in [0, 0.05) is 0 Å². The van der Waals surface area contributed by atoms with Crippen molar-refractivity contribution in [3.8, 4) is 44.9 Å². The summed E-state index contributed by atoms with van der Waals surface area (Å²) in [6.45, 7) is 0. The fourth-order valence-electron chi connectivity index (χ4n) is 4.14. The standard InChI is InChI=1S/C27H22O2/c1-28-24-9-3-18(4-10-24)20-7-13-26-22(15-20)17-23-16-21(8-14-27(23)26)19-5-11-25(29-2)12-6-19/h3-16H,17H2,1-2H3. The molecule has 0 aromatic heterocycles. The molecule has 0 unspecified atom stereocenters. The van der Waals surface area contributed by atoms with Gasteiger partial charge >= 0.3 is 0 Å². The highest BCUT2D eigenvalue weighted by Gasteiger charge is 2.19. The van der Waals surface area contributed by atoms with Gasteiger partial charge in [-0.1, -0.05) is 60.7 Å². The van der Waals surface area contributed by atoms with E-state index in [4.69, 9.17) is 9.47 Å². The van der Waals surface area contributed by atoms with Crippen LogP contribution >= 0.6 is 0 Å². The third-order valence-corrected chi connectivity index (χ3v) is 5.73. The number of methoxy groups -OCH3 is 2. The van der Waals surface area contributed by atoms with Gasteiger partial charge in [-0.15, -0.1) is 0 Å². The molecule has 0 heterocycles. The maximum Gasteiger partial charge on any atom is 0.118 e. The average molecular weight is 378 g/mol. The van der Waals surface area contributed by atoms with E-state index < -0.39 is 0 Å². The Balaban J connectivity index is 1.46. The van der Waals surface area contributed by atoms with Crippen LogP contribution in [0.15, 0.2) is 84.9 Å². The van der Waals surface area contributed by atoms with Crippen molar-refractivity contribution in [1.82, 2.24) is 0 Å². The first-order valence-electron chi connectivity index (χ1n) is 9.80. The molecule has 0 saturated carbocycles. The van der Waals surface area contributed by atoms with Gasteiger partial charge in [-0.25, -0.2) is 0 Å². The van der Waals surface area contributed by atoms with Gasteiger partial charge < -0.3 is 9.47 Å². The number of rotatable bonds is 4. The van der Waals surface area contributed by atoms with Crippen LogP contribution in [0.1, 0.15) is 11.1 Å². The lowest BCUT2D eigenvalue weighted by Gasteiger charge is -2.08. The van der Waals surface area contributed by atoms with Crippen LogP contribution in [0, 0.1) is 0 Å². The molecule has 0 atom stereocenters. The summed E-state index contributed by atoms with van der Waals surface area (Å²) < 4.78 is 10.5. The van der Waals surface area contributed by atoms with Crippen LogP contribution in [0.2, 0.25) is 0 Å². The molecule has 1 aliphatic carbocycles. The van der Waals surface area contributed by atoms with E-state index in [0.29, 0.717) is 0 Å². The largest absolute Gasteiger partial charge is 0.497 e. The Bertz CT molecular complexity index is 1080. The van der Waals surface area contributed by atoms with Crippen LogP contribution < -0.4 is 9.47 Å². The summed E-state index contributed by atoms with van der Waals surface area (Å²) in [5.74, 6) is 1.77. The first kappa shape index (κ1) is 17.6. The Kier molecular flexibility index (Phi) is 4.33. The minimum Gasteiger partial charge on any atom is -0.497 e. The smallest absolute Gasteiger partial charge is 0.118 e. The minimum absolute atomic E-state index is 0.883. The molecule has 142 valence electrons. The monoisotopic (exact) mass is 378 g/mol. The Morgan fingerprint density at radius 1 is 0.483 bits per heavy atom. The lowest BCUT2D eigenvalue weighted by atomic mass is 9.98. The first-order valence-corrected chi connectivity index (χ1v) is 9.80. The fraction of sp³-hybridized carbons (Fsp3) is 0.111. The normalized spacial score (nSPS) is 11.7. The molecule has 0 spiro atoms. The van der Waals surface area contributed by atoms with E-state index >= 15 is 0 Å². The summed E-state index contributed by atoms with van der Waals surface area (Å²) in [7, 11) is 3.39. The highest BCUT2D eigenvalue weighted by atomic mass is 16.5. The van der Waals surface area contributed by atoms with Crippen LogP contribution in [-0.2, 0) is 6.42 Å². The van der Waals surface area contributed by atoms with Crippen molar-refractivity contribution in [2.45, 2.75) is 6.42 Å². The Morgan fingerprint density at radius 3 is 1.24 bits per heavy atom. The molecule has 0 amide bonds. The van der Waals surface area contributed by atoms with Gasteiger partial charge in [-0.05, 0) is 75.2 Å². The second-order valence-corrected chi connectivity index (χ2v) is 7.38. The minimum atomic E-state index is 0.883. The zero-order valence-corrected chi connectivity index (χ0v) is 16.6. The van der Waals surface area contributed by atoms with Crippen LogP contribution in [0.4, 0.5) is 0 Å². The molecule has 0 bridgehead atoms. The lowest BCUT2D eigenvalue weighted by molar-refractivity contribution is 0.415.